The highest BCUT2D eigenvalue weighted by Crippen LogP contribution is 2.50. The Kier molecular flexibility index (Phi) is 5.37. The summed E-state index contributed by atoms with van der Waals surface area (Å²) in [5.74, 6) is 0.0760. The second kappa shape index (κ2) is 7.25. The summed E-state index contributed by atoms with van der Waals surface area (Å²) in [6, 6.07) is 4.38. The minimum atomic E-state index is -0.816. The molecule has 1 saturated carbocycles. The highest BCUT2D eigenvalue weighted by atomic mass is 16.5. The molecule has 0 spiro atoms. The Hall–Kier alpha value is -1.50. The third-order valence-corrected chi connectivity index (χ3v) is 6.53. The minimum absolute atomic E-state index is 0.0633. The van der Waals surface area contributed by atoms with Crippen LogP contribution in [-0.2, 0) is 9.53 Å². The van der Waals surface area contributed by atoms with Gasteiger partial charge in [0.2, 0.25) is 5.91 Å². The van der Waals surface area contributed by atoms with Crippen molar-refractivity contribution in [3.63, 3.8) is 0 Å². The first kappa shape index (κ1) is 19.3. The third kappa shape index (κ3) is 3.15. The highest BCUT2D eigenvalue weighted by molar-refractivity contribution is 5.89. The van der Waals surface area contributed by atoms with E-state index in [1.807, 2.05) is 24.1 Å². The van der Waals surface area contributed by atoms with Crippen LogP contribution >= 0.6 is 0 Å². The fourth-order valence-corrected chi connectivity index (χ4v) is 4.23. The Morgan fingerprint density at radius 3 is 2.62 bits per heavy atom. The van der Waals surface area contributed by atoms with Crippen LogP contribution in [0, 0.1) is 5.41 Å². The smallest absolute Gasteiger partial charge is 0.243 e. The molecule has 2 heterocycles. The molecule has 2 aliphatic rings. The number of piperazine rings is 1. The van der Waals surface area contributed by atoms with Gasteiger partial charge in [-0.15, -0.1) is 0 Å². The van der Waals surface area contributed by atoms with Crippen LogP contribution in [0.25, 0.3) is 0 Å². The van der Waals surface area contributed by atoms with Crippen molar-refractivity contribution in [1.29, 1.82) is 0 Å². The molecule has 1 aromatic rings. The van der Waals surface area contributed by atoms with Crippen LogP contribution in [0.15, 0.2) is 24.5 Å². The number of pyridine rings is 1. The molecule has 1 aliphatic carbocycles. The number of rotatable bonds is 5. The second-order valence-electron chi connectivity index (χ2n) is 8.13. The van der Waals surface area contributed by atoms with Gasteiger partial charge in [-0.05, 0) is 25.5 Å². The molecule has 6 nitrogen and oxygen atoms in total. The Morgan fingerprint density at radius 1 is 1.38 bits per heavy atom. The summed E-state index contributed by atoms with van der Waals surface area (Å²) in [7, 11) is 0. The van der Waals surface area contributed by atoms with Crippen LogP contribution in [0.2, 0.25) is 0 Å². The molecule has 6 heteroatoms. The van der Waals surface area contributed by atoms with Crippen molar-refractivity contribution in [2.75, 3.05) is 32.8 Å². The lowest BCUT2D eigenvalue weighted by Gasteiger charge is -2.59. The van der Waals surface area contributed by atoms with Gasteiger partial charge in [0.15, 0.2) is 0 Å². The lowest BCUT2D eigenvalue weighted by Crippen LogP contribution is -2.76. The number of hydrogen-bond acceptors (Lipinski definition) is 5. The normalized spacial score (nSPS) is 29.9. The van der Waals surface area contributed by atoms with Gasteiger partial charge in [-0.2, -0.15) is 0 Å². The van der Waals surface area contributed by atoms with E-state index in [0.717, 1.165) is 26.2 Å². The van der Waals surface area contributed by atoms with E-state index < -0.39 is 5.54 Å². The standard InChI is InChI=1S/C20H32N4O2/c1-5-26-17-13-20(21,19(17,3)4)18(25)24-11-9-23(10-12-24)15(2)16-7-6-8-22-14-16/h6-8,14-15,17H,5,9-13,21H2,1-4H3. The fraction of sp³-hybridized carbons (Fsp3) is 0.700. The SMILES string of the molecule is CCOC1CC(N)(C(=O)N2CCN(C(C)c3cccnc3)CC2)C1(C)C. The number of carbonyl (C=O) groups excluding carboxylic acids is 1. The van der Waals surface area contributed by atoms with Crippen molar-refractivity contribution in [2.45, 2.75) is 51.8 Å². The topological polar surface area (TPSA) is 71.7 Å². The number of ether oxygens (including phenoxy) is 1. The van der Waals surface area contributed by atoms with Gasteiger partial charge in [0, 0.05) is 63.1 Å². The van der Waals surface area contributed by atoms with E-state index in [4.69, 9.17) is 10.5 Å². The number of carbonyl (C=O) groups is 1. The first-order valence-electron chi connectivity index (χ1n) is 9.65. The van der Waals surface area contributed by atoms with Crippen molar-refractivity contribution in [2.24, 2.45) is 11.1 Å². The Bertz CT molecular complexity index is 628. The van der Waals surface area contributed by atoms with E-state index in [9.17, 15) is 4.79 Å². The molecule has 0 radical (unpaired) electrons. The average Bonchev–Trinajstić information content (AvgIpc) is 2.67. The molecule has 26 heavy (non-hydrogen) atoms. The van der Waals surface area contributed by atoms with E-state index in [1.54, 1.807) is 6.20 Å². The van der Waals surface area contributed by atoms with Gasteiger partial charge in [0.25, 0.3) is 0 Å². The molecule has 3 rings (SSSR count). The van der Waals surface area contributed by atoms with E-state index in [2.05, 4.69) is 36.7 Å². The minimum Gasteiger partial charge on any atom is -0.378 e. The molecule has 2 N–H and O–H groups in total. The lowest BCUT2D eigenvalue weighted by atomic mass is 9.54. The molecule has 3 atom stereocenters. The zero-order valence-corrected chi connectivity index (χ0v) is 16.4. The van der Waals surface area contributed by atoms with Gasteiger partial charge in [0.1, 0.15) is 5.54 Å². The number of nitrogens with two attached hydrogens (primary N) is 1. The summed E-state index contributed by atoms with van der Waals surface area (Å²) < 4.78 is 5.76. The molecular formula is C20H32N4O2. The van der Waals surface area contributed by atoms with Gasteiger partial charge in [0.05, 0.1) is 6.10 Å². The first-order valence-corrected chi connectivity index (χ1v) is 9.65. The maximum atomic E-state index is 13.1. The molecule has 0 bridgehead atoms. The molecule has 1 aliphatic heterocycles. The maximum Gasteiger partial charge on any atom is 0.243 e. The van der Waals surface area contributed by atoms with Crippen LogP contribution in [0.4, 0.5) is 0 Å². The summed E-state index contributed by atoms with van der Waals surface area (Å²) in [5, 5.41) is 0. The van der Waals surface area contributed by atoms with Crippen molar-refractivity contribution in [3.05, 3.63) is 30.1 Å². The monoisotopic (exact) mass is 360 g/mol. The lowest BCUT2D eigenvalue weighted by molar-refractivity contribution is -0.180. The third-order valence-electron chi connectivity index (χ3n) is 6.53. The van der Waals surface area contributed by atoms with Crippen molar-refractivity contribution in [1.82, 2.24) is 14.8 Å². The molecular weight excluding hydrogens is 328 g/mol. The zero-order valence-electron chi connectivity index (χ0n) is 16.4. The molecule has 3 unspecified atom stereocenters. The quantitative estimate of drug-likeness (QED) is 0.867. The zero-order chi connectivity index (χ0) is 18.9. The first-order chi connectivity index (χ1) is 12.3. The van der Waals surface area contributed by atoms with Gasteiger partial charge in [-0.3, -0.25) is 14.7 Å². The molecule has 1 saturated heterocycles. The summed E-state index contributed by atoms with van der Waals surface area (Å²) in [6.07, 6.45) is 4.39. The summed E-state index contributed by atoms with van der Waals surface area (Å²) in [6.45, 7) is 12.1. The molecule has 144 valence electrons. The van der Waals surface area contributed by atoms with Gasteiger partial charge < -0.3 is 15.4 Å². The highest BCUT2D eigenvalue weighted by Gasteiger charge is 2.63. The summed E-state index contributed by atoms with van der Waals surface area (Å²) in [4.78, 5) is 21.7. The largest absolute Gasteiger partial charge is 0.378 e. The maximum absolute atomic E-state index is 13.1. The van der Waals surface area contributed by atoms with E-state index in [0.29, 0.717) is 19.1 Å². The van der Waals surface area contributed by atoms with Crippen LogP contribution in [-0.4, -0.2) is 65.1 Å². The fourth-order valence-electron chi connectivity index (χ4n) is 4.23. The van der Waals surface area contributed by atoms with E-state index >= 15 is 0 Å². The predicted molar refractivity (Wildman–Crippen MR) is 102 cm³/mol. The molecule has 1 amide bonds. The summed E-state index contributed by atoms with van der Waals surface area (Å²) >= 11 is 0. The van der Waals surface area contributed by atoms with E-state index in [1.165, 1.54) is 5.56 Å². The summed E-state index contributed by atoms with van der Waals surface area (Å²) in [5.41, 5.74) is 6.63. The van der Waals surface area contributed by atoms with Gasteiger partial charge in [-0.25, -0.2) is 0 Å². The Balaban J connectivity index is 1.59. The van der Waals surface area contributed by atoms with Crippen molar-refractivity contribution < 1.29 is 9.53 Å². The van der Waals surface area contributed by atoms with E-state index in [-0.39, 0.29) is 17.4 Å². The number of aromatic nitrogens is 1. The van der Waals surface area contributed by atoms with Gasteiger partial charge >= 0.3 is 0 Å². The van der Waals surface area contributed by atoms with Crippen molar-refractivity contribution >= 4 is 5.91 Å². The van der Waals surface area contributed by atoms with Crippen LogP contribution in [0.3, 0.4) is 0 Å². The van der Waals surface area contributed by atoms with Crippen molar-refractivity contribution in [3.8, 4) is 0 Å². The Labute approximate surface area is 156 Å². The molecule has 0 aromatic carbocycles. The molecule has 1 aromatic heterocycles. The molecule has 2 fully saturated rings. The average molecular weight is 361 g/mol. The van der Waals surface area contributed by atoms with Crippen LogP contribution in [0.1, 0.15) is 45.7 Å². The van der Waals surface area contributed by atoms with Crippen LogP contribution < -0.4 is 5.73 Å². The number of nitrogens with zero attached hydrogens (tertiary/aromatic N) is 3. The van der Waals surface area contributed by atoms with Crippen LogP contribution in [0.5, 0.6) is 0 Å². The van der Waals surface area contributed by atoms with Gasteiger partial charge in [-0.1, -0.05) is 19.9 Å². The second-order valence-corrected chi connectivity index (χ2v) is 8.13. The number of hydrogen-bond donors (Lipinski definition) is 1. The predicted octanol–water partition coefficient (Wildman–Crippen LogP) is 1.82. The number of amides is 1. The Morgan fingerprint density at radius 2 is 2.08 bits per heavy atom.